The first-order chi connectivity index (χ1) is 9.29. The van der Waals surface area contributed by atoms with Gasteiger partial charge in [0, 0.05) is 12.7 Å². The Morgan fingerprint density at radius 2 is 2.26 bits per heavy atom. The molecule has 3 rings (SSSR count). The highest BCUT2D eigenvalue weighted by atomic mass is 35.5. The van der Waals surface area contributed by atoms with Crippen LogP contribution < -0.4 is 5.32 Å². The van der Waals surface area contributed by atoms with Crippen LogP contribution in [0.5, 0.6) is 0 Å². The van der Waals surface area contributed by atoms with E-state index in [9.17, 15) is 0 Å². The maximum Gasteiger partial charge on any atom is 0.106 e. The molecule has 3 aromatic rings. The summed E-state index contributed by atoms with van der Waals surface area (Å²) < 4.78 is 3.10. The Morgan fingerprint density at radius 3 is 3.11 bits per heavy atom. The molecular formula is C13H13ClN4S. The maximum atomic E-state index is 6.25. The number of fused-ring (bicyclic) bond motifs is 1. The number of anilines is 1. The lowest BCUT2D eigenvalue weighted by Crippen LogP contribution is -2.08. The van der Waals surface area contributed by atoms with Crippen LogP contribution in [-0.2, 0) is 13.1 Å². The van der Waals surface area contributed by atoms with Crippen molar-refractivity contribution in [3.63, 3.8) is 0 Å². The number of rotatable bonds is 4. The second-order valence-electron chi connectivity index (χ2n) is 4.11. The summed E-state index contributed by atoms with van der Waals surface area (Å²) in [6.45, 7) is 3.62. The SMILES string of the molecule is CCn1nccc1CNc1c(Cl)ccc2scnc12. The molecule has 0 aliphatic heterocycles. The number of nitrogens with one attached hydrogen (secondary N) is 1. The molecule has 0 atom stereocenters. The van der Waals surface area contributed by atoms with Crippen molar-refractivity contribution in [3.8, 4) is 0 Å². The smallest absolute Gasteiger partial charge is 0.106 e. The van der Waals surface area contributed by atoms with E-state index in [4.69, 9.17) is 11.6 Å². The maximum absolute atomic E-state index is 6.25. The molecule has 6 heteroatoms. The Bertz CT molecular complexity index is 704. The van der Waals surface area contributed by atoms with Gasteiger partial charge in [0.05, 0.1) is 33.2 Å². The number of aromatic nitrogens is 3. The summed E-state index contributed by atoms with van der Waals surface area (Å²) in [7, 11) is 0. The van der Waals surface area contributed by atoms with Crippen molar-refractivity contribution in [2.45, 2.75) is 20.0 Å². The van der Waals surface area contributed by atoms with Gasteiger partial charge in [0.2, 0.25) is 0 Å². The van der Waals surface area contributed by atoms with E-state index in [1.165, 1.54) is 0 Å². The highest BCUT2D eigenvalue weighted by Gasteiger charge is 2.09. The predicted molar refractivity (Wildman–Crippen MR) is 79.9 cm³/mol. The Balaban J connectivity index is 1.89. The number of nitrogens with zero attached hydrogens (tertiary/aromatic N) is 3. The van der Waals surface area contributed by atoms with Crippen LogP contribution in [-0.4, -0.2) is 14.8 Å². The fraction of sp³-hybridized carbons (Fsp3) is 0.231. The van der Waals surface area contributed by atoms with Crippen LogP contribution in [0.3, 0.4) is 0 Å². The van der Waals surface area contributed by atoms with Gasteiger partial charge < -0.3 is 5.32 Å². The quantitative estimate of drug-likeness (QED) is 0.796. The van der Waals surface area contributed by atoms with Crippen molar-refractivity contribution in [3.05, 3.63) is 40.6 Å². The molecule has 0 fully saturated rings. The van der Waals surface area contributed by atoms with E-state index in [0.29, 0.717) is 11.6 Å². The van der Waals surface area contributed by atoms with Crippen LogP contribution in [0, 0.1) is 0 Å². The van der Waals surface area contributed by atoms with Crippen molar-refractivity contribution in [1.82, 2.24) is 14.8 Å². The van der Waals surface area contributed by atoms with Crippen molar-refractivity contribution in [1.29, 1.82) is 0 Å². The summed E-state index contributed by atoms with van der Waals surface area (Å²) in [5, 5.41) is 8.32. The largest absolute Gasteiger partial charge is 0.376 e. The van der Waals surface area contributed by atoms with Gasteiger partial charge in [-0.15, -0.1) is 11.3 Å². The van der Waals surface area contributed by atoms with Gasteiger partial charge in [0.15, 0.2) is 0 Å². The molecule has 0 saturated heterocycles. The second kappa shape index (κ2) is 5.19. The molecule has 4 nitrogen and oxygen atoms in total. The molecule has 2 aromatic heterocycles. The normalized spacial score (nSPS) is 11.1. The highest BCUT2D eigenvalue weighted by molar-refractivity contribution is 7.16. The average molecular weight is 293 g/mol. The number of halogens is 1. The van der Waals surface area contributed by atoms with E-state index >= 15 is 0 Å². The Kier molecular flexibility index (Phi) is 3.40. The van der Waals surface area contributed by atoms with E-state index in [2.05, 4.69) is 22.3 Å². The monoisotopic (exact) mass is 292 g/mol. The molecule has 0 bridgehead atoms. The van der Waals surface area contributed by atoms with Crippen molar-refractivity contribution < 1.29 is 0 Å². The molecule has 1 aromatic carbocycles. The van der Waals surface area contributed by atoms with Gasteiger partial charge in [-0.05, 0) is 25.1 Å². The number of hydrogen-bond acceptors (Lipinski definition) is 4. The lowest BCUT2D eigenvalue weighted by atomic mass is 10.2. The average Bonchev–Trinajstić information content (AvgIpc) is 3.05. The summed E-state index contributed by atoms with van der Waals surface area (Å²) in [6, 6.07) is 5.91. The van der Waals surface area contributed by atoms with Gasteiger partial charge in [-0.25, -0.2) is 4.98 Å². The van der Waals surface area contributed by atoms with E-state index in [-0.39, 0.29) is 0 Å². The third-order valence-electron chi connectivity index (χ3n) is 3.00. The zero-order chi connectivity index (χ0) is 13.2. The summed E-state index contributed by atoms with van der Waals surface area (Å²) in [5.74, 6) is 0. The van der Waals surface area contributed by atoms with E-state index in [1.54, 1.807) is 11.3 Å². The first-order valence-corrected chi connectivity index (χ1v) is 7.31. The van der Waals surface area contributed by atoms with Gasteiger partial charge in [-0.3, -0.25) is 4.68 Å². The number of aryl methyl sites for hydroxylation is 1. The standard InChI is InChI=1S/C13H13ClN4S/c1-2-18-9(5-6-17-18)7-15-12-10(14)3-4-11-13(12)16-8-19-11/h3-6,8,15H,2,7H2,1H3. The van der Waals surface area contributed by atoms with Gasteiger partial charge in [0.25, 0.3) is 0 Å². The van der Waals surface area contributed by atoms with Crippen LogP contribution in [0.1, 0.15) is 12.6 Å². The van der Waals surface area contributed by atoms with Gasteiger partial charge in [-0.2, -0.15) is 5.10 Å². The fourth-order valence-corrected chi connectivity index (χ4v) is 2.95. The van der Waals surface area contributed by atoms with Gasteiger partial charge in [0.1, 0.15) is 5.52 Å². The molecular weight excluding hydrogens is 280 g/mol. The molecule has 0 saturated carbocycles. The lowest BCUT2D eigenvalue weighted by Gasteiger charge is -2.10. The topological polar surface area (TPSA) is 42.7 Å². The van der Waals surface area contributed by atoms with E-state index in [1.807, 2.05) is 34.6 Å². The van der Waals surface area contributed by atoms with Gasteiger partial charge >= 0.3 is 0 Å². The summed E-state index contributed by atoms with van der Waals surface area (Å²) in [4.78, 5) is 4.37. The molecule has 0 aliphatic carbocycles. The van der Waals surface area contributed by atoms with Crippen molar-refractivity contribution in [2.75, 3.05) is 5.32 Å². The second-order valence-corrected chi connectivity index (χ2v) is 5.41. The van der Waals surface area contributed by atoms with Crippen LogP contribution in [0.25, 0.3) is 10.2 Å². The third kappa shape index (κ3) is 2.31. The Hall–Kier alpha value is -1.59. The molecule has 0 aliphatic rings. The lowest BCUT2D eigenvalue weighted by molar-refractivity contribution is 0.628. The summed E-state index contributed by atoms with van der Waals surface area (Å²) >= 11 is 7.87. The van der Waals surface area contributed by atoms with Crippen LogP contribution in [0.2, 0.25) is 5.02 Å². The summed E-state index contributed by atoms with van der Waals surface area (Å²) in [5.41, 5.74) is 4.79. The van der Waals surface area contributed by atoms with E-state index in [0.717, 1.165) is 28.1 Å². The van der Waals surface area contributed by atoms with Crippen molar-refractivity contribution in [2.24, 2.45) is 0 Å². The number of thiazole rings is 1. The molecule has 0 amide bonds. The van der Waals surface area contributed by atoms with Crippen LogP contribution >= 0.6 is 22.9 Å². The third-order valence-corrected chi connectivity index (χ3v) is 4.11. The first-order valence-electron chi connectivity index (χ1n) is 6.06. The van der Waals surface area contributed by atoms with E-state index < -0.39 is 0 Å². The first kappa shape index (κ1) is 12.4. The molecule has 0 radical (unpaired) electrons. The Labute approximate surface area is 120 Å². The molecule has 98 valence electrons. The predicted octanol–water partition coefficient (Wildman–Crippen LogP) is 3.78. The minimum Gasteiger partial charge on any atom is -0.376 e. The zero-order valence-electron chi connectivity index (χ0n) is 10.4. The van der Waals surface area contributed by atoms with Gasteiger partial charge in [-0.1, -0.05) is 11.6 Å². The van der Waals surface area contributed by atoms with Crippen molar-refractivity contribution >= 4 is 38.8 Å². The minimum atomic E-state index is 0.685. The van der Waals surface area contributed by atoms with Crippen LogP contribution in [0.15, 0.2) is 29.9 Å². The molecule has 0 spiro atoms. The minimum absolute atomic E-state index is 0.685. The molecule has 2 heterocycles. The fourth-order valence-electron chi connectivity index (χ4n) is 2.05. The number of hydrogen-bond donors (Lipinski definition) is 1. The molecule has 1 N–H and O–H groups in total. The molecule has 0 unspecified atom stereocenters. The zero-order valence-corrected chi connectivity index (χ0v) is 12.0. The Morgan fingerprint density at radius 1 is 1.37 bits per heavy atom. The molecule has 19 heavy (non-hydrogen) atoms. The van der Waals surface area contributed by atoms with Crippen LogP contribution in [0.4, 0.5) is 5.69 Å². The number of benzene rings is 1. The summed E-state index contributed by atoms with van der Waals surface area (Å²) in [6.07, 6.45) is 1.81. The highest BCUT2D eigenvalue weighted by Crippen LogP contribution is 2.32.